The lowest BCUT2D eigenvalue weighted by Gasteiger charge is -2.31. The number of hydrogen-bond donors (Lipinski definition) is 1. The van der Waals surface area contributed by atoms with Gasteiger partial charge in [0.1, 0.15) is 0 Å². The van der Waals surface area contributed by atoms with Crippen LogP contribution in [0, 0.1) is 5.92 Å². The zero-order valence-corrected chi connectivity index (χ0v) is 13.3. The standard InChI is InChI=1S/C17H20F3NO3/c1-11(13-6-2-3-7-14(13)17(18,19)20)9-15(22)21-8-4-5-12(10-21)16(23)24/h2-3,6-7,11-12H,4-5,8-10H2,1H3,(H,23,24)/t11?,12-/m0/s1. The lowest BCUT2D eigenvalue weighted by molar-refractivity contribution is -0.146. The molecule has 1 heterocycles. The molecule has 1 aliphatic heterocycles. The van der Waals surface area contributed by atoms with Crippen LogP contribution >= 0.6 is 0 Å². The van der Waals surface area contributed by atoms with Crippen LogP contribution in [0.5, 0.6) is 0 Å². The van der Waals surface area contributed by atoms with Crippen LogP contribution in [0.15, 0.2) is 24.3 Å². The molecular weight excluding hydrogens is 323 g/mol. The highest BCUT2D eigenvalue weighted by Gasteiger charge is 2.35. The maximum atomic E-state index is 13.1. The van der Waals surface area contributed by atoms with Crippen molar-refractivity contribution in [1.29, 1.82) is 0 Å². The first-order chi connectivity index (χ1) is 11.2. The minimum atomic E-state index is -4.46. The van der Waals surface area contributed by atoms with E-state index in [1.807, 2.05) is 0 Å². The van der Waals surface area contributed by atoms with Crippen molar-refractivity contribution in [3.8, 4) is 0 Å². The number of nitrogens with zero attached hydrogens (tertiary/aromatic N) is 1. The minimum Gasteiger partial charge on any atom is -0.481 e. The van der Waals surface area contributed by atoms with Gasteiger partial charge in [0, 0.05) is 19.5 Å². The van der Waals surface area contributed by atoms with E-state index in [-0.39, 0.29) is 24.4 Å². The van der Waals surface area contributed by atoms with Crippen LogP contribution in [0.25, 0.3) is 0 Å². The molecule has 1 aliphatic rings. The van der Waals surface area contributed by atoms with Gasteiger partial charge in [0.05, 0.1) is 11.5 Å². The number of rotatable bonds is 4. The molecule has 1 amide bonds. The van der Waals surface area contributed by atoms with Gasteiger partial charge >= 0.3 is 12.1 Å². The van der Waals surface area contributed by atoms with E-state index < -0.39 is 29.5 Å². The number of piperidine rings is 1. The van der Waals surface area contributed by atoms with Gasteiger partial charge < -0.3 is 10.0 Å². The van der Waals surface area contributed by atoms with Crippen molar-refractivity contribution in [2.24, 2.45) is 5.92 Å². The van der Waals surface area contributed by atoms with Crippen molar-refractivity contribution in [1.82, 2.24) is 4.90 Å². The summed E-state index contributed by atoms with van der Waals surface area (Å²) in [6.07, 6.45) is -3.42. The molecule has 7 heteroatoms. The highest BCUT2D eigenvalue weighted by Crippen LogP contribution is 2.36. The van der Waals surface area contributed by atoms with Gasteiger partial charge in [0.15, 0.2) is 0 Å². The molecule has 0 saturated carbocycles. The van der Waals surface area contributed by atoms with Gasteiger partial charge in [-0.25, -0.2) is 0 Å². The number of carbonyl (C=O) groups excluding carboxylic acids is 1. The molecule has 1 unspecified atom stereocenters. The summed E-state index contributed by atoms with van der Waals surface area (Å²) < 4.78 is 39.2. The summed E-state index contributed by atoms with van der Waals surface area (Å²) in [4.78, 5) is 24.9. The smallest absolute Gasteiger partial charge is 0.416 e. The van der Waals surface area contributed by atoms with Crippen molar-refractivity contribution >= 4 is 11.9 Å². The number of benzene rings is 1. The van der Waals surface area contributed by atoms with Gasteiger partial charge in [-0.2, -0.15) is 13.2 Å². The normalized spacial score (nSPS) is 19.8. The molecule has 4 nitrogen and oxygen atoms in total. The minimum absolute atomic E-state index is 0.0700. The molecule has 0 spiro atoms. The zero-order chi connectivity index (χ0) is 17.9. The van der Waals surface area contributed by atoms with Gasteiger partial charge in [-0.15, -0.1) is 0 Å². The van der Waals surface area contributed by atoms with Gasteiger partial charge in [-0.3, -0.25) is 9.59 Å². The fourth-order valence-electron chi connectivity index (χ4n) is 3.09. The molecule has 24 heavy (non-hydrogen) atoms. The molecule has 1 saturated heterocycles. The molecule has 1 aromatic rings. The van der Waals surface area contributed by atoms with E-state index in [0.717, 1.165) is 6.07 Å². The average molecular weight is 343 g/mol. The Labute approximate surface area is 138 Å². The Hall–Kier alpha value is -2.05. The Morgan fingerprint density at radius 3 is 2.62 bits per heavy atom. The molecular formula is C17H20F3NO3. The third-order valence-electron chi connectivity index (χ3n) is 4.40. The van der Waals surface area contributed by atoms with Crippen LogP contribution in [-0.2, 0) is 15.8 Å². The number of alkyl halides is 3. The van der Waals surface area contributed by atoms with Crippen LogP contribution in [0.4, 0.5) is 13.2 Å². The average Bonchev–Trinajstić information content (AvgIpc) is 2.54. The number of carboxylic acids is 1. The van der Waals surface area contributed by atoms with Crippen molar-refractivity contribution in [3.63, 3.8) is 0 Å². The topological polar surface area (TPSA) is 57.6 Å². The van der Waals surface area contributed by atoms with E-state index >= 15 is 0 Å². The maximum absolute atomic E-state index is 13.1. The van der Waals surface area contributed by atoms with E-state index in [2.05, 4.69) is 0 Å². The van der Waals surface area contributed by atoms with Crippen molar-refractivity contribution in [2.45, 2.75) is 38.3 Å². The Bertz CT molecular complexity index is 615. The Morgan fingerprint density at radius 2 is 2.00 bits per heavy atom. The van der Waals surface area contributed by atoms with E-state index in [0.29, 0.717) is 19.4 Å². The van der Waals surface area contributed by atoms with Gasteiger partial charge in [0.25, 0.3) is 0 Å². The first-order valence-corrected chi connectivity index (χ1v) is 7.87. The van der Waals surface area contributed by atoms with Crippen LogP contribution in [0.2, 0.25) is 0 Å². The summed E-state index contributed by atoms with van der Waals surface area (Å²) >= 11 is 0. The third-order valence-corrected chi connectivity index (χ3v) is 4.40. The van der Waals surface area contributed by atoms with E-state index in [1.165, 1.54) is 23.1 Å². The number of hydrogen-bond acceptors (Lipinski definition) is 2. The lowest BCUT2D eigenvalue weighted by Crippen LogP contribution is -2.42. The number of halogens is 3. The summed E-state index contributed by atoms with van der Waals surface area (Å²) in [6, 6.07) is 5.24. The number of likely N-dealkylation sites (tertiary alicyclic amines) is 1. The molecule has 132 valence electrons. The molecule has 0 aliphatic carbocycles. The predicted molar refractivity (Wildman–Crippen MR) is 81.4 cm³/mol. The number of amides is 1. The first kappa shape index (κ1) is 18.3. The first-order valence-electron chi connectivity index (χ1n) is 7.87. The highest BCUT2D eigenvalue weighted by atomic mass is 19.4. The molecule has 0 radical (unpaired) electrons. The van der Waals surface area contributed by atoms with E-state index in [9.17, 15) is 22.8 Å². The van der Waals surface area contributed by atoms with Crippen molar-refractivity contribution in [3.05, 3.63) is 35.4 Å². The number of carbonyl (C=O) groups is 2. The van der Waals surface area contributed by atoms with Gasteiger partial charge in [-0.1, -0.05) is 25.1 Å². The van der Waals surface area contributed by atoms with Crippen LogP contribution < -0.4 is 0 Å². The van der Waals surface area contributed by atoms with Crippen LogP contribution in [0.1, 0.15) is 43.2 Å². The highest BCUT2D eigenvalue weighted by molar-refractivity contribution is 5.78. The molecule has 2 rings (SSSR count). The number of carboxylic acid groups (broad SMARTS) is 1. The zero-order valence-electron chi connectivity index (χ0n) is 13.3. The molecule has 0 bridgehead atoms. The molecule has 1 fully saturated rings. The fraction of sp³-hybridized carbons (Fsp3) is 0.529. The quantitative estimate of drug-likeness (QED) is 0.910. The Kier molecular flexibility index (Phi) is 5.51. The second kappa shape index (κ2) is 7.23. The number of aliphatic carboxylic acids is 1. The second-order valence-electron chi connectivity index (χ2n) is 6.21. The monoisotopic (exact) mass is 343 g/mol. The summed E-state index contributed by atoms with van der Waals surface area (Å²) in [5.41, 5.74) is -0.641. The molecule has 0 aromatic heterocycles. The van der Waals surface area contributed by atoms with E-state index in [4.69, 9.17) is 5.11 Å². The Balaban J connectivity index is 2.08. The Morgan fingerprint density at radius 1 is 1.33 bits per heavy atom. The lowest BCUT2D eigenvalue weighted by atomic mass is 9.91. The van der Waals surface area contributed by atoms with Crippen molar-refractivity contribution < 1.29 is 27.9 Å². The van der Waals surface area contributed by atoms with Crippen LogP contribution in [0.3, 0.4) is 0 Å². The summed E-state index contributed by atoms with van der Waals surface area (Å²) in [7, 11) is 0. The molecule has 1 aromatic carbocycles. The predicted octanol–water partition coefficient (Wildman–Crippen LogP) is 3.52. The summed E-state index contributed by atoms with van der Waals surface area (Å²) in [5, 5.41) is 9.06. The second-order valence-corrected chi connectivity index (χ2v) is 6.21. The SMILES string of the molecule is CC(CC(=O)N1CCC[C@H](C(=O)O)C1)c1ccccc1C(F)(F)F. The van der Waals surface area contributed by atoms with Gasteiger partial charge in [0.2, 0.25) is 5.91 Å². The molecule has 2 atom stereocenters. The summed E-state index contributed by atoms with van der Waals surface area (Å²) in [6.45, 7) is 2.17. The largest absolute Gasteiger partial charge is 0.481 e. The summed E-state index contributed by atoms with van der Waals surface area (Å²) in [5.74, 6) is -2.44. The van der Waals surface area contributed by atoms with E-state index in [1.54, 1.807) is 6.92 Å². The third kappa shape index (κ3) is 4.27. The van der Waals surface area contributed by atoms with Crippen molar-refractivity contribution in [2.75, 3.05) is 13.1 Å². The molecule has 1 N–H and O–H groups in total. The maximum Gasteiger partial charge on any atom is 0.416 e. The fourth-order valence-corrected chi connectivity index (χ4v) is 3.09. The van der Waals surface area contributed by atoms with Gasteiger partial charge in [-0.05, 0) is 30.4 Å². The van der Waals surface area contributed by atoms with Crippen LogP contribution in [-0.4, -0.2) is 35.0 Å².